The Morgan fingerprint density at radius 1 is 1.22 bits per heavy atom. The van der Waals surface area contributed by atoms with E-state index in [1.807, 2.05) is 29.2 Å². The van der Waals surface area contributed by atoms with Crippen LogP contribution in [0.3, 0.4) is 0 Å². The monoisotopic (exact) mass is 333 g/mol. The van der Waals surface area contributed by atoms with Gasteiger partial charge in [0, 0.05) is 30.4 Å². The Kier molecular flexibility index (Phi) is 5.99. The van der Waals surface area contributed by atoms with Gasteiger partial charge in [0.2, 0.25) is 5.91 Å². The molecule has 4 nitrogen and oxygen atoms in total. The van der Waals surface area contributed by atoms with Crippen molar-refractivity contribution in [3.63, 3.8) is 0 Å². The number of hydrogen-bond donors (Lipinski definition) is 2. The number of anilines is 2. The molecule has 0 bridgehead atoms. The zero-order chi connectivity index (χ0) is 17.0. The third-order valence-electron chi connectivity index (χ3n) is 4.22. The Morgan fingerprint density at radius 3 is 2.48 bits per heavy atom. The number of benzene rings is 1. The molecule has 126 valence electrons. The summed E-state index contributed by atoms with van der Waals surface area (Å²) in [6, 6.07) is 8.21. The number of nitrogens with one attached hydrogen (secondary N) is 2. The zero-order valence-electron chi connectivity index (χ0n) is 14.4. The molecule has 1 heterocycles. The topological polar surface area (TPSA) is 44.4 Å². The number of carbonyl (C=O) groups is 1. The molecule has 2 rings (SSSR count). The molecule has 2 N–H and O–H groups in total. The fourth-order valence-electron chi connectivity index (χ4n) is 3.09. The van der Waals surface area contributed by atoms with Crippen molar-refractivity contribution in [2.45, 2.75) is 46.6 Å². The van der Waals surface area contributed by atoms with Gasteiger partial charge in [0.05, 0.1) is 0 Å². The molecule has 0 aliphatic carbocycles. The number of hydrogen-bond acceptors (Lipinski definition) is 2. The van der Waals surface area contributed by atoms with Gasteiger partial charge < -0.3 is 15.5 Å². The van der Waals surface area contributed by atoms with Gasteiger partial charge in [-0.3, -0.25) is 4.79 Å². The molecule has 1 aliphatic heterocycles. The Bertz CT molecular complexity index is 563. The van der Waals surface area contributed by atoms with E-state index in [1.165, 1.54) is 0 Å². The average Bonchev–Trinajstić information content (AvgIpc) is 2.90. The average molecular weight is 334 g/mol. The van der Waals surface area contributed by atoms with E-state index in [4.69, 9.17) is 12.2 Å². The van der Waals surface area contributed by atoms with Crippen molar-refractivity contribution in [3.05, 3.63) is 24.3 Å². The normalized spacial score (nSPS) is 14.9. The van der Waals surface area contributed by atoms with Gasteiger partial charge in [-0.15, -0.1) is 0 Å². The van der Waals surface area contributed by atoms with Crippen LogP contribution in [0.1, 0.15) is 40.5 Å². The van der Waals surface area contributed by atoms with Gasteiger partial charge in [-0.2, -0.15) is 0 Å². The molecule has 0 unspecified atom stereocenters. The molecule has 0 aromatic heterocycles. The summed E-state index contributed by atoms with van der Waals surface area (Å²) in [5.74, 6) is 1.20. The first-order valence-electron chi connectivity index (χ1n) is 8.36. The Balaban J connectivity index is 2.02. The van der Waals surface area contributed by atoms with Crippen LogP contribution in [0.15, 0.2) is 24.3 Å². The maximum absolute atomic E-state index is 11.9. The summed E-state index contributed by atoms with van der Waals surface area (Å²) in [6.07, 6.45) is 1.57. The van der Waals surface area contributed by atoms with Crippen LogP contribution in [0, 0.1) is 11.8 Å². The van der Waals surface area contributed by atoms with Gasteiger partial charge in [0.15, 0.2) is 5.11 Å². The lowest BCUT2D eigenvalue weighted by molar-refractivity contribution is -0.117. The van der Waals surface area contributed by atoms with Crippen molar-refractivity contribution in [2.75, 3.05) is 16.8 Å². The van der Waals surface area contributed by atoms with E-state index < -0.39 is 0 Å². The first-order chi connectivity index (χ1) is 10.9. The number of amides is 1. The molecule has 1 fully saturated rings. The maximum atomic E-state index is 11.9. The summed E-state index contributed by atoms with van der Waals surface area (Å²) in [7, 11) is 0. The minimum Gasteiger partial charge on any atom is -0.359 e. The SMILES string of the molecule is CC(C)C(NC(=S)Nc1cccc(N2CCCC2=O)c1)C(C)C. The van der Waals surface area contributed by atoms with E-state index in [0.29, 0.717) is 29.4 Å². The second kappa shape index (κ2) is 7.77. The lowest BCUT2D eigenvalue weighted by atomic mass is 9.93. The van der Waals surface area contributed by atoms with E-state index >= 15 is 0 Å². The standard InChI is InChI=1S/C18H27N3OS/c1-12(2)17(13(3)4)20-18(23)19-14-7-5-8-15(11-14)21-10-6-9-16(21)22/h5,7-8,11-13,17H,6,9-10H2,1-4H3,(H2,19,20,23). The largest absolute Gasteiger partial charge is 0.359 e. The van der Waals surface area contributed by atoms with Gasteiger partial charge in [0.1, 0.15) is 0 Å². The molecule has 1 amide bonds. The summed E-state index contributed by atoms with van der Waals surface area (Å²) >= 11 is 5.45. The number of carbonyl (C=O) groups excluding carboxylic acids is 1. The minimum absolute atomic E-state index is 0.197. The van der Waals surface area contributed by atoms with Gasteiger partial charge in [-0.05, 0) is 48.7 Å². The quantitative estimate of drug-likeness (QED) is 0.805. The third-order valence-corrected chi connectivity index (χ3v) is 4.44. The van der Waals surface area contributed by atoms with Gasteiger partial charge >= 0.3 is 0 Å². The van der Waals surface area contributed by atoms with Crippen LogP contribution in [0.5, 0.6) is 0 Å². The van der Waals surface area contributed by atoms with Crippen molar-refractivity contribution in [2.24, 2.45) is 11.8 Å². The van der Waals surface area contributed by atoms with Crippen LogP contribution in [-0.2, 0) is 4.79 Å². The van der Waals surface area contributed by atoms with Gasteiger partial charge in [0.25, 0.3) is 0 Å². The fraction of sp³-hybridized carbons (Fsp3) is 0.556. The molecule has 1 aromatic rings. The van der Waals surface area contributed by atoms with E-state index in [0.717, 1.165) is 24.3 Å². The molecule has 23 heavy (non-hydrogen) atoms. The Hall–Kier alpha value is -1.62. The highest BCUT2D eigenvalue weighted by molar-refractivity contribution is 7.80. The highest BCUT2D eigenvalue weighted by atomic mass is 32.1. The summed E-state index contributed by atoms with van der Waals surface area (Å²) in [5, 5.41) is 7.27. The lowest BCUT2D eigenvalue weighted by Crippen LogP contribution is -2.44. The van der Waals surface area contributed by atoms with Crippen LogP contribution in [0.4, 0.5) is 11.4 Å². The molecule has 0 spiro atoms. The van der Waals surface area contributed by atoms with Gasteiger partial charge in [-0.25, -0.2) is 0 Å². The molecule has 5 heteroatoms. The summed E-state index contributed by atoms with van der Waals surface area (Å²) in [6.45, 7) is 9.58. The first kappa shape index (κ1) is 17.7. The van der Waals surface area contributed by atoms with Crippen molar-refractivity contribution < 1.29 is 4.79 Å². The smallest absolute Gasteiger partial charge is 0.227 e. The number of rotatable bonds is 5. The van der Waals surface area contributed by atoms with Crippen molar-refractivity contribution in [1.82, 2.24) is 5.32 Å². The summed E-state index contributed by atoms with van der Waals surface area (Å²) in [5.41, 5.74) is 1.84. The van der Waals surface area contributed by atoms with E-state index in [2.05, 4.69) is 38.3 Å². The zero-order valence-corrected chi connectivity index (χ0v) is 15.2. The molecular weight excluding hydrogens is 306 g/mol. The predicted molar refractivity (Wildman–Crippen MR) is 101 cm³/mol. The van der Waals surface area contributed by atoms with Crippen molar-refractivity contribution in [1.29, 1.82) is 0 Å². The van der Waals surface area contributed by atoms with E-state index in [-0.39, 0.29) is 5.91 Å². The van der Waals surface area contributed by atoms with E-state index in [1.54, 1.807) is 0 Å². The maximum Gasteiger partial charge on any atom is 0.227 e. The van der Waals surface area contributed by atoms with Crippen molar-refractivity contribution in [3.8, 4) is 0 Å². The predicted octanol–water partition coefficient (Wildman–Crippen LogP) is 3.78. The third kappa shape index (κ3) is 4.67. The molecule has 1 saturated heterocycles. The van der Waals surface area contributed by atoms with Crippen LogP contribution >= 0.6 is 12.2 Å². The lowest BCUT2D eigenvalue weighted by Gasteiger charge is -2.27. The second-order valence-electron chi connectivity index (χ2n) is 6.81. The molecule has 0 saturated carbocycles. The molecule has 0 atom stereocenters. The molecule has 1 aromatic carbocycles. The van der Waals surface area contributed by atoms with Crippen LogP contribution < -0.4 is 15.5 Å². The van der Waals surface area contributed by atoms with Crippen molar-refractivity contribution >= 4 is 34.6 Å². The Morgan fingerprint density at radius 2 is 1.91 bits per heavy atom. The first-order valence-corrected chi connectivity index (χ1v) is 8.77. The molecule has 0 radical (unpaired) electrons. The number of thiocarbonyl (C=S) groups is 1. The summed E-state index contributed by atoms with van der Waals surface area (Å²) < 4.78 is 0. The second-order valence-corrected chi connectivity index (χ2v) is 7.22. The van der Waals surface area contributed by atoms with Crippen LogP contribution in [0.2, 0.25) is 0 Å². The fourth-order valence-corrected chi connectivity index (χ4v) is 3.35. The summed E-state index contributed by atoms with van der Waals surface area (Å²) in [4.78, 5) is 13.7. The van der Waals surface area contributed by atoms with Gasteiger partial charge in [-0.1, -0.05) is 33.8 Å². The minimum atomic E-state index is 0.197. The van der Waals surface area contributed by atoms with Crippen LogP contribution in [0.25, 0.3) is 0 Å². The van der Waals surface area contributed by atoms with E-state index in [9.17, 15) is 4.79 Å². The Labute approximate surface area is 144 Å². The highest BCUT2D eigenvalue weighted by Gasteiger charge is 2.22. The van der Waals surface area contributed by atoms with Crippen LogP contribution in [-0.4, -0.2) is 23.6 Å². The molecular formula is C18H27N3OS. The molecule has 1 aliphatic rings. The highest BCUT2D eigenvalue weighted by Crippen LogP contribution is 2.24. The number of nitrogens with zero attached hydrogens (tertiary/aromatic N) is 1.